The maximum Gasteiger partial charge on any atom is 0.316 e. The monoisotopic (exact) mass is 476 g/mol. The molecule has 2 aromatic rings. The highest BCUT2D eigenvalue weighted by molar-refractivity contribution is 7.32. The molecule has 0 heterocycles. The smallest absolute Gasteiger partial charge is 0.316 e. The number of methoxy groups -OCH3 is 1. The van der Waals surface area contributed by atoms with E-state index in [4.69, 9.17) is 18.9 Å². The number of benzene rings is 2. The molecular weight excluding hydrogens is 442 g/mol. The lowest BCUT2D eigenvalue weighted by atomic mass is 9.78. The van der Waals surface area contributed by atoms with Gasteiger partial charge in [-0.2, -0.15) is 0 Å². The minimum absolute atomic E-state index is 0.151. The molecule has 7 heteroatoms. The maximum atomic E-state index is 14.3. The molecule has 2 fully saturated rings. The zero-order chi connectivity index (χ0) is 23.4. The Labute approximate surface area is 196 Å². The van der Waals surface area contributed by atoms with Gasteiger partial charge in [0.05, 0.1) is 20.3 Å². The van der Waals surface area contributed by atoms with E-state index in [0.29, 0.717) is 24.2 Å². The lowest BCUT2D eigenvalue weighted by Gasteiger charge is -2.31. The van der Waals surface area contributed by atoms with Crippen molar-refractivity contribution in [1.82, 2.24) is 0 Å². The third-order valence-electron chi connectivity index (χ3n) is 7.44. The Kier molecular flexibility index (Phi) is 7.78. The van der Waals surface area contributed by atoms with Crippen LogP contribution in [0.25, 0.3) is 0 Å². The van der Waals surface area contributed by atoms with Gasteiger partial charge in [-0.25, -0.2) is 4.39 Å². The fraction of sp³-hybridized carbons (Fsp3) is 0.538. The van der Waals surface area contributed by atoms with Crippen molar-refractivity contribution >= 4 is 8.25 Å². The number of hydrogen-bond acceptors (Lipinski definition) is 4. The zero-order valence-electron chi connectivity index (χ0n) is 19.4. The van der Waals surface area contributed by atoms with E-state index in [1.54, 1.807) is 13.2 Å². The molecule has 0 amide bonds. The molecule has 2 atom stereocenters. The Balaban J connectivity index is 1.34. The second-order valence-electron chi connectivity index (χ2n) is 9.69. The normalized spacial score (nSPS) is 23.5. The zero-order valence-corrected chi connectivity index (χ0v) is 20.4. The van der Waals surface area contributed by atoms with E-state index < -0.39 is 8.25 Å². The topological polar surface area (TPSA) is 65.0 Å². The minimum Gasteiger partial charge on any atom is -0.497 e. The average Bonchev–Trinajstić information content (AvgIpc) is 3.68. The molecule has 5 nitrogen and oxygen atoms in total. The van der Waals surface area contributed by atoms with Crippen LogP contribution < -0.4 is 9.47 Å². The van der Waals surface area contributed by atoms with Crippen molar-refractivity contribution in [3.8, 4) is 11.5 Å². The van der Waals surface area contributed by atoms with Gasteiger partial charge in [-0.1, -0.05) is 19.1 Å². The van der Waals surface area contributed by atoms with Crippen molar-refractivity contribution in [1.29, 1.82) is 0 Å². The molecule has 180 valence electrons. The highest BCUT2D eigenvalue weighted by Gasteiger charge is 2.43. The molecular formula is C26H34FO5P. The summed E-state index contributed by atoms with van der Waals surface area (Å²) >= 11 is 0. The Hall–Kier alpha value is -1.88. The van der Waals surface area contributed by atoms with Crippen molar-refractivity contribution < 1.29 is 27.8 Å². The second kappa shape index (κ2) is 10.6. The molecule has 2 unspecified atom stereocenters. The number of halogens is 1. The van der Waals surface area contributed by atoms with Crippen LogP contribution >= 0.6 is 8.25 Å². The van der Waals surface area contributed by atoms with E-state index in [0.717, 1.165) is 55.4 Å². The summed E-state index contributed by atoms with van der Waals surface area (Å²) in [6.07, 6.45) is 6.09. The Morgan fingerprint density at radius 2 is 1.82 bits per heavy atom. The van der Waals surface area contributed by atoms with E-state index >= 15 is 0 Å². The fourth-order valence-corrected chi connectivity index (χ4v) is 5.55. The van der Waals surface area contributed by atoms with Crippen molar-refractivity contribution in [2.24, 2.45) is 11.8 Å². The van der Waals surface area contributed by atoms with Crippen LogP contribution in [0.5, 0.6) is 11.5 Å². The van der Waals surface area contributed by atoms with Gasteiger partial charge in [0, 0.05) is 5.41 Å². The van der Waals surface area contributed by atoms with Crippen molar-refractivity contribution in [2.45, 2.75) is 56.8 Å². The molecule has 2 aliphatic rings. The van der Waals surface area contributed by atoms with E-state index in [1.807, 2.05) is 24.3 Å². The molecule has 2 saturated carbocycles. The van der Waals surface area contributed by atoms with Gasteiger partial charge in [0.2, 0.25) is 0 Å². The van der Waals surface area contributed by atoms with Crippen LogP contribution in [0.3, 0.4) is 0 Å². The molecule has 0 spiro atoms. The van der Waals surface area contributed by atoms with Crippen molar-refractivity contribution in [3.63, 3.8) is 0 Å². The lowest BCUT2D eigenvalue weighted by molar-refractivity contribution is 0.191. The van der Waals surface area contributed by atoms with E-state index in [2.05, 4.69) is 13.0 Å². The molecule has 4 rings (SSSR count). The fourth-order valence-electron chi connectivity index (χ4n) is 5.13. The van der Waals surface area contributed by atoms with Crippen molar-refractivity contribution in [2.75, 3.05) is 20.3 Å². The van der Waals surface area contributed by atoms with Gasteiger partial charge in [-0.15, -0.1) is 0 Å². The molecule has 0 bridgehead atoms. The predicted octanol–water partition coefficient (Wildman–Crippen LogP) is 6.25. The van der Waals surface area contributed by atoms with Crippen LogP contribution in [0.1, 0.15) is 62.5 Å². The summed E-state index contributed by atoms with van der Waals surface area (Å²) in [5.74, 6) is 2.49. The largest absolute Gasteiger partial charge is 0.497 e. The quantitative estimate of drug-likeness (QED) is 0.411. The second-order valence-corrected chi connectivity index (χ2v) is 10.5. The maximum absolute atomic E-state index is 14.3. The van der Waals surface area contributed by atoms with Crippen LogP contribution in [0.4, 0.5) is 4.39 Å². The van der Waals surface area contributed by atoms with E-state index in [1.165, 1.54) is 6.07 Å². The first-order valence-corrected chi connectivity index (χ1v) is 13.1. The predicted molar refractivity (Wildman–Crippen MR) is 127 cm³/mol. The van der Waals surface area contributed by atoms with Crippen LogP contribution in [0.15, 0.2) is 42.5 Å². The van der Waals surface area contributed by atoms with Gasteiger partial charge in [0.15, 0.2) is 0 Å². The van der Waals surface area contributed by atoms with Crippen LogP contribution in [-0.4, -0.2) is 25.2 Å². The van der Waals surface area contributed by atoms with Crippen molar-refractivity contribution in [3.05, 3.63) is 59.4 Å². The number of rotatable bonds is 10. The minimum atomic E-state index is -2.96. The molecule has 2 aromatic carbocycles. The molecule has 0 aromatic heterocycles. The summed E-state index contributed by atoms with van der Waals surface area (Å²) in [6, 6.07) is 13.0. The third-order valence-corrected chi connectivity index (χ3v) is 7.83. The first-order chi connectivity index (χ1) is 15.9. The number of hydrogen-bond donors (Lipinski definition) is 1. The van der Waals surface area contributed by atoms with Gasteiger partial charge in [-0.05, 0) is 97.7 Å². The lowest BCUT2D eigenvalue weighted by Crippen LogP contribution is -2.30. The molecule has 1 N–H and O–H groups in total. The summed E-state index contributed by atoms with van der Waals surface area (Å²) in [5, 5.41) is 0. The summed E-state index contributed by atoms with van der Waals surface area (Å²) in [7, 11) is -1.35. The summed E-state index contributed by atoms with van der Waals surface area (Å²) in [6.45, 7) is 2.98. The van der Waals surface area contributed by atoms with Crippen LogP contribution in [0, 0.1) is 17.7 Å². The third kappa shape index (κ3) is 5.98. The first kappa shape index (κ1) is 24.3. The highest BCUT2D eigenvalue weighted by atomic mass is 31.1. The van der Waals surface area contributed by atoms with Gasteiger partial charge in [0.1, 0.15) is 17.3 Å². The van der Waals surface area contributed by atoms with E-state index in [9.17, 15) is 8.96 Å². The Bertz CT molecular complexity index is 971. The molecule has 0 radical (unpaired) electrons. The Morgan fingerprint density at radius 1 is 1.06 bits per heavy atom. The molecule has 33 heavy (non-hydrogen) atoms. The number of ether oxygens (including phenoxy) is 2. The molecule has 0 saturated heterocycles. The van der Waals surface area contributed by atoms with Gasteiger partial charge in [-0.3, -0.25) is 4.57 Å². The SMILES string of the molecule is COc1ccc(F)c([C@H]2CC[C@H](COc3cccc(C(C)(CO[PH](=O)O)C4CC4)c3)CC2)c1. The van der Waals surface area contributed by atoms with Gasteiger partial charge >= 0.3 is 8.25 Å². The molecule has 0 aliphatic heterocycles. The van der Waals surface area contributed by atoms with Crippen LogP contribution in [0.2, 0.25) is 0 Å². The summed E-state index contributed by atoms with van der Waals surface area (Å²) in [5.41, 5.74) is 1.55. The van der Waals surface area contributed by atoms with Crippen LogP contribution in [-0.2, 0) is 14.5 Å². The average molecular weight is 477 g/mol. The summed E-state index contributed by atoms with van der Waals surface area (Å²) < 4.78 is 42.1. The van der Waals surface area contributed by atoms with Gasteiger partial charge < -0.3 is 18.9 Å². The standard InChI is InChI=1S/C26H34FO5P/c1-26(20-10-11-20,17-32-33(28)29)21-4-3-5-23(14-21)31-16-18-6-8-19(9-7-18)24-15-22(30-2)12-13-25(24)27/h3-5,12-15,18-20,33H,6-11,16-17H2,1-2H3,(H,28,29)/t18-,19-,26?. The molecule has 2 aliphatic carbocycles. The highest BCUT2D eigenvalue weighted by Crippen LogP contribution is 2.49. The van der Waals surface area contributed by atoms with E-state index in [-0.39, 0.29) is 23.8 Å². The summed E-state index contributed by atoms with van der Waals surface area (Å²) in [4.78, 5) is 9.15. The van der Waals surface area contributed by atoms with Gasteiger partial charge in [0.25, 0.3) is 0 Å². The Morgan fingerprint density at radius 3 is 2.48 bits per heavy atom. The first-order valence-electron chi connectivity index (χ1n) is 11.8.